The molecule has 4 rings (SSSR count). The first-order valence-electron chi connectivity index (χ1n) is 11.1. The molecule has 0 aromatic heterocycles. The Labute approximate surface area is 197 Å². The van der Waals surface area contributed by atoms with Gasteiger partial charge in [-0.15, -0.1) is 0 Å². The quantitative estimate of drug-likeness (QED) is 0.673. The molecule has 3 atom stereocenters. The third-order valence-corrected chi connectivity index (χ3v) is 6.22. The molecule has 1 saturated heterocycles. The Morgan fingerprint density at radius 3 is 2.74 bits per heavy atom. The van der Waals surface area contributed by atoms with Crippen LogP contribution in [0.2, 0.25) is 0 Å². The van der Waals surface area contributed by atoms with Gasteiger partial charge in [-0.3, -0.25) is 14.4 Å². The Kier molecular flexibility index (Phi) is 7.02. The summed E-state index contributed by atoms with van der Waals surface area (Å²) < 4.78 is 22.0. The fourth-order valence-electron chi connectivity index (χ4n) is 4.34. The van der Waals surface area contributed by atoms with Crippen molar-refractivity contribution < 1.29 is 33.3 Å². The second kappa shape index (κ2) is 10.1. The number of fused-ring (bicyclic) bond motifs is 2. The Morgan fingerprint density at radius 2 is 1.97 bits per heavy atom. The first-order chi connectivity index (χ1) is 16.4. The third-order valence-electron chi connectivity index (χ3n) is 6.22. The molecule has 2 heterocycles. The minimum absolute atomic E-state index is 0.171. The first kappa shape index (κ1) is 23.6. The number of carbonyl (C=O) groups excluding carboxylic acids is 3. The van der Waals surface area contributed by atoms with Gasteiger partial charge in [-0.2, -0.15) is 0 Å². The summed E-state index contributed by atoms with van der Waals surface area (Å²) in [7, 11) is 4.62. The topological polar surface area (TPSA) is 103 Å². The number of ether oxygens (including phenoxy) is 4. The average Bonchev–Trinajstić information content (AvgIpc) is 2.86. The number of anilines is 1. The van der Waals surface area contributed by atoms with Crippen LogP contribution in [0.4, 0.5) is 5.69 Å². The van der Waals surface area contributed by atoms with E-state index in [1.807, 2.05) is 0 Å². The summed E-state index contributed by atoms with van der Waals surface area (Å²) in [6.45, 7) is 0.239. The molecular formula is C25H28N2O7. The number of hydrogen-bond acceptors (Lipinski definition) is 7. The molecule has 9 nitrogen and oxygen atoms in total. The SMILES string of the molecule is COC(=O)C[C@H]1CC[C@@H]2[C@@H](COc3ccc(NC(=O)c4cccc(OC)c4)cc3C(=O)N2C)O1. The average molecular weight is 469 g/mol. The van der Waals surface area contributed by atoms with Gasteiger partial charge in [-0.05, 0) is 49.2 Å². The Morgan fingerprint density at radius 1 is 1.15 bits per heavy atom. The summed E-state index contributed by atoms with van der Waals surface area (Å²) in [5.41, 5.74) is 1.28. The monoisotopic (exact) mass is 468 g/mol. The molecule has 0 spiro atoms. The van der Waals surface area contributed by atoms with E-state index < -0.39 is 0 Å². The predicted octanol–water partition coefficient (Wildman–Crippen LogP) is 2.89. The number of nitrogens with zero attached hydrogens (tertiary/aromatic N) is 1. The van der Waals surface area contributed by atoms with Crippen LogP contribution in [0.1, 0.15) is 40.0 Å². The number of esters is 1. The lowest BCUT2D eigenvalue weighted by atomic mass is 9.94. The van der Waals surface area contributed by atoms with Crippen LogP contribution in [0.15, 0.2) is 42.5 Å². The van der Waals surface area contributed by atoms with Gasteiger partial charge in [0, 0.05) is 18.3 Å². The highest BCUT2D eigenvalue weighted by atomic mass is 16.6. The van der Waals surface area contributed by atoms with Crippen molar-refractivity contribution >= 4 is 23.5 Å². The predicted molar refractivity (Wildman–Crippen MR) is 123 cm³/mol. The van der Waals surface area contributed by atoms with Crippen molar-refractivity contribution in [2.75, 3.05) is 33.2 Å². The summed E-state index contributed by atoms with van der Waals surface area (Å²) >= 11 is 0. The van der Waals surface area contributed by atoms with Crippen LogP contribution in [-0.2, 0) is 14.3 Å². The van der Waals surface area contributed by atoms with Crippen molar-refractivity contribution in [1.29, 1.82) is 0 Å². The summed E-state index contributed by atoms with van der Waals surface area (Å²) in [6, 6.07) is 11.6. The van der Waals surface area contributed by atoms with Gasteiger partial charge in [-0.1, -0.05) is 6.07 Å². The zero-order chi connectivity index (χ0) is 24.2. The fraction of sp³-hybridized carbons (Fsp3) is 0.400. The van der Waals surface area contributed by atoms with Gasteiger partial charge < -0.3 is 29.2 Å². The molecule has 2 aromatic carbocycles. The highest BCUT2D eigenvalue weighted by Gasteiger charge is 2.39. The smallest absolute Gasteiger partial charge is 0.308 e. The number of hydrogen-bond donors (Lipinski definition) is 1. The molecule has 2 aliphatic heterocycles. The Hall–Kier alpha value is -3.59. The summed E-state index contributed by atoms with van der Waals surface area (Å²) in [4.78, 5) is 39.3. The van der Waals surface area contributed by atoms with Gasteiger partial charge in [0.2, 0.25) is 0 Å². The second-order valence-corrected chi connectivity index (χ2v) is 8.35. The van der Waals surface area contributed by atoms with Gasteiger partial charge >= 0.3 is 5.97 Å². The van der Waals surface area contributed by atoms with E-state index in [4.69, 9.17) is 18.9 Å². The van der Waals surface area contributed by atoms with Gasteiger partial charge in [0.1, 0.15) is 24.2 Å². The third kappa shape index (κ3) is 4.99. The van der Waals surface area contributed by atoms with E-state index in [0.717, 1.165) is 0 Å². The Bertz CT molecular complexity index is 1090. The van der Waals surface area contributed by atoms with Gasteiger partial charge in [-0.25, -0.2) is 0 Å². The van der Waals surface area contributed by atoms with E-state index in [1.165, 1.54) is 14.2 Å². The lowest BCUT2D eigenvalue weighted by molar-refractivity contribution is -0.151. The molecule has 0 bridgehead atoms. The van der Waals surface area contributed by atoms with E-state index >= 15 is 0 Å². The molecule has 180 valence electrons. The number of amides is 2. The summed E-state index contributed by atoms with van der Waals surface area (Å²) in [6.07, 6.45) is 0.855. The van der Waals surface area contributed by atoms with Crippen molar-refractivity contribution in [2.45, 2.75) is 37.5 Å². The number of benzene rings is 2. The van der Waals surface area contributed by atoms with Crippen LogP contribution in [0, 0.1) is 0 Å². The van der Waals surface area contributed by atoms with Crippen molar-refractivity contribution in [3.63, 3.8) is 0 Å². The van der Waals surface area contributed by atoms with Crippen LogP contribution in [-0.4, -0.2) is 68.8 Å². The van der Waals surface area contributed by atoms with Crippen LogP contribution in [0.5, 0.6) is 11.5 Å². The van der Waals surface area contributed by atoms with E-state index in [-0.39, 0.29) is 49.1 Å². The van der Waals surface area contributed by atoms with Crippen molar-refractivity contribution in [2.24, 2.45) is 0 Å². The molecule has 0 saturated carbocycles. The van der Waals surface area contributed by atoms with Crippen LogP contribution >= 0.6 is 0 Å². The van der Waals surface area contributed by atoms with Crippen molar-refractivity contribution in [1.82, 2.24) is 4.90 Å². The maximum absolute atomic E-state index is 13.3. The first-order valence-corrected chi connectivity index (χ1v) is 11.1. The zero-order valence-electron chi connectivity index (χ0n) is 19.4. The summed E-state index contributed by atoms with van der Waals surface area (Å²) in [5.74, 6) is 0.122. The molecule has 0 unspecified atom stereocenters. The molecular weight excluding hydrogens is 440 g/mol. The Balaban J connectivity index is 1.51. The van der Waals surface area contributed by atoms with E-state index in [9.17, 15) is 14.4 Å². The molecule has 9 heteroatoms. The lowest BCUT2D eigenvalue weighted by Gasteiger charge is -2.42. The fourth-order valence-corrected chi connectivity index (χ4v) is 4.34. The molecule has 2 aliphatic rings. The minimum atomic E-state index is -0.363. The molecule has 34 heavy (non-hydrogen) atoms. The van der Waals surface area contributed by atoms with Crippen molar-refractivity contribution in [3.8, 4) is 11.5 Å². The zero-order valence-corrected chi connectivity index (χ0v) is 19.4. The molecule has 0 aliphatic carbocycles. The molecule has 1 N–H and O–H groups in total. The lowest BCUT2D eigenvalue weighted by Crippen LogP contribution is -2.53. The van der Waals surface area contributed by atoms with E-state index in [1.54, 1.807) is 54.4 Å². The van der Waals surface area contributed by atoms with Crippen LogP contribution in [0.25, 0.3) is 0 Å². The number of rotatable bonds is 5. The standard InChI is InChI=1S/C25H28N2O7/c1-27-20-9-8-18(13-23(28)32-3)34-22(20)14-33-21-10-7-16(12-19(21)25(27)30)26-24(29)15-5-4-6-17(11-15)31-2/h4-7,10-12,18,20,22H,8-9,13-14H2,1-3H3,(H,26,29)/t18-,20-,22-/m1/s1. The van der Waals surface area contributed by atoms with Crippen LogP contribution < -0.4 is 14.8 Å². The molecule has 2 amide bonds. The van der Waals surface area contributed by atoms with Crippen LogP contribution in [0.3, 0.4) is 0 Å². The van der Waals surface area contributed by atoms with E-state index in [0.29, 0.717) is 41.2 Å². The van der Waals surface area contributed by atoms with Gasteiger partial charge in [0.05, 0.1) is 38.3 Å². The van der Waals surface area contributed by atoms with Crippen molar-refractivity contribution in [3.05, 3.63) is 53.6 Å². The molecule has 0 radical (unpaired) electrons. The second-order valence-electron chi connectivity index (χ2n) is 8.35. The van der Waals surface area contributed by atoms with Gasteiger partial charge in [0.15, 0.2) is 0 Å². The number of nitrogens with one attached hydrogen (secondary N) is 1. The maximum Gasteiger partial charge on any atom is 0.308 e. The molecule has 1 fully saturated rings. The number of methoxy groups -OCH3 is 2. The number of likely N-dealkylation sites (N-methyl/N-ethyl adjacent to an activating group) is 1. The minimum Gasteiger partial charge on any atom is -0.497 e. The summed E-state index contributed by atoms with van der Waals surface area (Å²) in [5, 5.41) is 2.83. The highest BCUT2D eigenvalue weighted by Crippen LogP contribution is 2.32. The normalized spacial score (nSPS) is 21.8. The van der Waals surface area contributed by atoms with Gasteiger partial charge in [0.25, 0.3) is 11.8 Å². The number of carbonyl (C=O) groups is 3. The maximum atomic E-state index is 13.3. The highest BCUT2D eigenvalue weighted by molar-refractivity contribution is 6.05. The largest absolute Gasteiger partial charge is 0.497 e. The molecule has 2 aromatic rings. The van der Waals surface area contributed by atoms with E-state index in [2.05, 4.69) is 5.32 Å².